The molecule has 0 aromatic rings. The van der Waals surface area contributed by atoms with Gasteiger partial charge in [-0.1, -0.05) is 87.0 Å². The molecule has 1 saturated heterocycles. The van der Waals surface area contributed by atoms with Gasteiger partial charge in [-0.15, -0.1) is 0 Å². The van der Waals surface area contributed by atoms with Crippen LogP contribution in [0.1, 0.15) is 140 Å². The molecule has 5 N–H and O–H groups in total. The van der Waals surface area contributed by atoms with Gasteiger partial charge in [0.15, 0.2) is 0 Å². The SMILES string of the molecule is CC.CC(C)(C)OC(=O)C(NC(=O)NC(C(=O)N1CCC[C@H]1C(=O)NC(CC1CCC1)C(=O)C(N)=O)C1CCCC1)C(C)(C)C.CCC. The Morgan fingerprint density at radius 1 is 0.812 bits per heavy atom. The highest BCUT2D eigenvalue weighted by Gasteiger charge is 2.43. The van der Waals surface area contributed by atoms with Crippen LogP contribution in [0, 0.1) is 17.3 Å². The number of carbonyl (C=O) groups is 6. The number of carbonyl (C=O) groups excluding carboxylic acids is 6. The second-order valence-corrected chi connectivity index (χ2v) is 15.2. The molecule has 2 aliphatic carbocycles. The van der Waals surface area contributed by atoms with E-state index in [0.717, 1.165) is 44.9 Å². The van der Waals surface area contributed by atoms with Crippen molar-refractivity contribution in [2.45, 2.75) is 170 Å². The zero-order valence-electron chi connectivity index (χ0n) is 31.3. The summed E-state index contributed by atoms with van der Waals surface area (Å²) < 4.78 is 5.55. The summed E-state index contributed by atoms with van der Waals surface area (Å²) in [6, 6.07) is -4.39. The summed E-state index contributed by atoms with van der Waals surface area (Å²) >= 11 is 0. The van der Waals surface area contributed by atoms with Crippen LogP contribution in [0.2, 0.25) is 0 Å². The highest BCUT2D eigenvalue weighted by atomic mass is 16.6. The van der Waals surface area contributed by atoms with Gasteiger partial charge in [0.25, 0.3) is 5.91 Å². The van der Waals surface area contributed by atoms with Crippen molar-refractivity contribution in [3.05, 3.63) is 0 Å². The average molecular weight is 680 g/mol. The molecule has 12 nitrogen and oxygen atoms in total. The van der Waals surface area contributed by atoms with Crippen LogP contribution >= 0.6 is 0 Å². The lowest BCUT2D eigenvalue weighted by Gasteiger charge is -2.35. The minimum atomic E-state index is -1.10. The fraction of sp³-hybridized carbons (Fsp3) is 0.833. The van der Waals surface area contributed by atoms with Gasteiger partial charge in [0.1, 0.15) is 23.7 Å². The van der Waals surface area contributed by atoms with Crippen molar-refractivity contribution in [1.82, 2.24) is 20.9 Å². The molecule has 4 atom stereocenters. The molecule has 5 amide bonds. The third kappa shape index (κ3) is 13.4. The second kappa shape index (κ2) is 19.7. The third-order valence-corrected chi connectivity index (χ3v) is 8.72. The van der Waals surface area contributed by atoms with Gasteiger partial charge in [0.05, 0.1) is 6.04 Å². The number of primary amides is 1. The van der Waals surface area contributed by atoms with Crippen molar-refractivity contribution >= 4 is 35.5 Å². The number of ether oxygens (including phenoxy) is 1. The van der Waals surface area contributed by atoms with E-state index in [2.05, 4.69) is 29.8 Å². The zero-order valence-corrected chi connectivity index (χ0v) is 31.3. The van der Waals surface area contributed by atoms with Gasteiger partial charge in [-0.3, -0.25) is 19.2 Å². The number of hydrogen-bond donors (Lipinski definition) is 4. The molecule has 0 radical (unpaired) electrons. The molecule has 2 saturated carbocycles. The Kier molecular flexibility index (Phi) is 17.6. The molecule has 0 bridgehead atoms. The van der Waals surface area contributed by atoms with Crippen molar-refractivity contribution in [3.63, 3.8) is 0 Å². The van der Waals surface area contributed by atoms with E-state index in [1.807, 2.05) is 34.6 Å². The van der Waals surface area contributed by atoms with Crippen LogP contribution in [-0.2, 0) is 28.7 Å². The minimum absolute atomic E-state index is 0.125. The van der Waals surface area contributed by atoms with E-state index < -0.39 is 64.8 Å². The number of amides is 5. The number of rotatable bonds is 11. The van der Waals surface area contributed by atoms with Crippen molar-refractivity contribution in [2.75, 3.05) is 6.54 Å². The van der Waals surface area contributed by atoms with Gasteiger partial charge < -0.3 is 31.3 Å². The highest BCUT2D eigenvalue weighted by molar-refractivity contribution is 6.37. The molecule has 1 aliphatic heterocycles. The number of urea groups is 1. The largest absolute Gasteiger partial charge is 0.458 e. The molecule has 12 heteroatoms. The standard InChI is InChI=1S/C31H51N5O7.C3H8.C2H6/c1-30(2,3)24(28(41)43-31(4,5)6)35-29(42)34-22(19-13-7-8-14-19)27(40)36-16-10-15-21(36)26(39)33-20(23(37)25(32)38)17-18-11-9-12-18;1-3-2;1-2/h18-22,24H,7-17H2,1-6H3,(H2,32,38)(H,33,39)(H2,34,35,42);3H2,1-2H3;1-2H3/t20?,21-,22?,24?;;/m0../s1. The summed E-state index contributed by atoms with van der Waals surface area (Å²) in [5.41, 5.74) is 3.85. The minimum Gasteiger partial charge on any atom is -0.458 e. The number of nitrogens with two attached hydrogens (primary N) is 1. The quantitative estimate of drug-likeness (QED) is 0.180. The fourth-order valence-electron chi connectivity index (χ4n) is 6.19. The van der Waals surface area contributed by atoms with Gasteiger partial charge in [0.2, 0.25) is 17.6 Å². The molecule has 48 heavy (non-hydrogen) atoms. The number of nitrogens with one attached hydrogen (secondary N) is 3. The van der Waals surface area contributed by atoms with Crippen LogP contribution in [0.25, 0.3) is 0 Å². The van der Waals surface area contributed by atoms with Gasteiger partial charge in [-0.25, -0.2) is 9.59 Å². The van der Waals surface area contributed by atoms with E-state index in [0.29, 0.717) is 25.8 Å². The van der Waals surface area contributed by atoms with Crippen molar-refractivity contribution < 1.29 is 33.5 Å². The molecule has 0 aromatic heterocycles. The lowest BCUT2D eigenvalue weighted by Crippen LogP contribution is -2.60. The van der Waals surface area contributed by atoms with E-state index in [9.17, 15) is 28.8 Å². The number of likely N-dealkylation sites (tertiary alicyclic amines) is 1. The monoisotopic (exact) mass is 679 g/mol. The molecule has 276 valence electrons. The van der Waals surface area contributed by atoms with Gasteiger partial charge in [-0.05, 0) is 70.1 Å². The Morgan fingerprint density at radius 2 is 1.38 bits per heavy atom. The van der Waals surface area contributed by atoms with Crippen LogP contribution in [0.15, 0.2) is 0 Å². The van der Waals surface area contributed by atoms with Gasteiger partial charge in [0, 0.05) is 6.54 Å². The third-order valence-electron chi connectivity index (χ3n) is 8.72. The number of hydrogen-bond acceptors (Lipinski definition) is 7. The topological polar surface area (TPSA) is 177 Å². The van der Waals surface area contributed by atoms with Crippen molar-refractivity contribution in [2.24, 2.45) is 23.0 Å². The van der Waals surface area contributed by atoms with E-state index >= 15 is 0 Å². The van der Waals surface area contributed by atoms with Crippen molar-refractivity contribution in [1.29, 1.82) is 0 Å². The Morgan fingerprint density at radius 3 is 1.83 bits per heavy atom. The molecular formula is C36H65N5O7. The van der Waals surface area contributed by atoms with E-state index in [1.54, 1.807) is 20.8 Å². The molecular weight excluding hydrogens is 614 g/mol. The highest BCUT2D eigenvalue weighted by Crippen LogP contribution is 2.32. The first kappa shape index (κ1) is 42.8. The first-order valence-electron chi connectivity index (χ1n) is 18.1. The first-order valence-corrected chi connectivity index (χ1v) is 18.1. The summed E-state index contributed by atoms with van der Waals surface area (Å²) in [5.74, 6) is -3.27. The van der Waals surface area contributed by atoms with Crippen molar-refractivity contribution in [3.8, 4) is 0 Å². The van der Waals surface area contributed by atoms with Crippen LogP contribution in [0.3, 0.4) is 0 Å². The summed E-state index contributed by atoms with van der Waals surface area (Å²) in [6.07, 6.45) is 8.78. The summed E-state index contributed by atoms with van der Waals surface area (Å²) in [7, 11) is 0. The molecule has 3 aliphatic rings. The lowest BCUT2D eigenvalue weighted by atomic mass is 9.80. The summed E-state index contributed by atoms with van der Waals surface area (Å²) in [6.45, 7) is 19.3. The zero-order chi connectivity index (χ0) is 36.8. The Labute approximate surface area is 288 Å². The molecule has 3 fully saturated rings. The second-order valence-electron chi connectivity index (χ2n) is 15.2. The Balaban J connectivity index is 0.00000218. The number of Topliss-reactive ketones (excluding diaryl/α,β-unsaturated/α-hetero) is 1. The molecule has 0 spiro atoms. The summed E-state index contributed by atoms with van der Waals surface area (Å²) in [5, 5.41) is 8.28. The van der Waals surface area contributed by atoms with Gasteiger partial charge in [-0.2, -0.15) is 0 Å². The normalized spacial score (nSPS) is 20.0. The smallest absolute Gasteiger partial charge is 0.329 e. The maximum absolute atomic E-state index is 14.0. The molecule has 3 unspecified atom stereocenters. The van der Waals surface area contributed by atoms with Crippen LogP contribution in [-0.4, -0.2) is 76.7 Å². The number of esters is 1. The summed E-state index contributed by atoms with van der Waals surface area (Å²) in [4.78, 5) is 79.4. The average Bonchev–Trinajstić information content (AvgIpc) is 3.68. The van der Waals surface area contributed by atoms with Crippen LogP contribution in [0.4, 0.5) is 4.79 Å². The van der Waals surface area contributed by atoms with E-state index in [1.165, 1.54) is 11.3 Å². The lowest BCUT2D eigenvalue weighted by molar-refractivity contribution is -0.160. The predicted molar refractivity (Wildman–Crippen MR) is 187 cm³/mol. The number of nitrogens with zero attached hydrogens (tertiary/aromatic N) is 1. The van der Waals surface area contributed by atoms with Gasteiger partial charge >= 0.3 is 12.0 Å². The van der Waals surface area contributed by atoms with E-state index in [-0.39, 0.29) is 17.7 Å². The molecule has 1 heterocycles. The Bertz CT molecular complexity index is 1090. The number of ketones is 1. The van der Waals surface area contributed by atoms with E-state index in [4.69, 9.17) is 10.5 Å². The first-order chi connectivity index (χ1) is 22.4. The Hall–Kier alpha value is -3.18. The molecule has 3 rings (SSSR count). The molecule has 0 aromatic carbocycles. The fourth-order valence-corrected chi connectivity index (χ4v) is 6.19. The van der Waals surface area contributed by atoms with Crippen LogP contribution < -0.4 is 21.7 Å². The predicted octanol–water partition coefficient (Wildman–Crippen LogP) is 4.76. The van der Waals surface area contributed by atoms with Crippen LogP contribution in [0.5, 0.6) is 0 Å². The maximum atomic E-state index is 14.0. The maximum Gasteiger partial charge on any atom is 0.329 e.